The summed E-state index contributed by atoms with van der Waals surface area (Å²) in [6, 6.07) is 13.7. The second-order valence-corrected chi connectivity index (χ2v) is 9.17. The Morgan fingerprint density at radius 2 is 1.97 bits per heavy atom. The van der Waals surface area contributed by atoms with Crippen LogP contribution in [-0.4, -0.2) is 12.9 Å². The fourth-order valence-corrected chi connectivity index (χ4v) is 5.12. The summed E-state index contributed by atoms with van der Waals surface area (Å²) in [5, 5.41) is 12.0. The predicted octanol–water partition coefficient (Wildman–Crippen LogP) is 4.70. The maximum absolute atomic E-state index is 13.3. The molecule has 0 saturated heterocycles. The Kier molecular flexibility index (Phi) is 4.71. The molecule has 0 amide bonds. The van der Waals surface area contributed by atoms with E-state index in [0.717, 1.165) is 22.0 Å². The van der Waals surface area contributed by atoms with Gasteiger partial charge in [0.25, 0.3) is 0 Å². The number of carbonyl (C=O) groups is 1. The molecule has 0 fully saturated rings. The van der Waals surface area contributed by atoms with E-state index in [9.17, 15) is 10.1 Å². The van der Waals surface area contributed by atoms with E-state index >= 15 is 0 Å². The van der Waals surface area contributed by atoms with Gasteiger partial charge in [-0.2, -0.15) is 5.26 Å². The minimum absolute atomic E-state index is 0.0911. The summed E-state index contributed by atoms with van der Waals surface area (Å²) in [5.41, 5.74) is 9.25. The minimum atomic E-state index is -0.395. The van der Waals surface area contributed by atoms with E-state index in [4.69, 9.17) is 10.5 Å². The largest absolute Gasteiger partial charge is 0.497 e. The van der Waals surface area contributed by atoms with Gasteiger partial charge < -0.3 is 10.5 Å². The normalized spacial score (nSPS) is 21.1. The number of Topliss-reactive ketones (excluding diaryl/α,β-unsaturated/α-hetero) is 1. The van der Waals surface area contributed by atoms with Crippen molar-refractivity contribution in [1.82, 2.24) is 0 Å². The lowest BCUT2D eigenvalue weighted by atomic mass is 9.69. The summed E-state index contributed by atoms with van der Waals surface area (Å²) in [6.45, 7) is 4.20. The summed E-state index contributed by atoms with van der Waals surface area (Å²) in [4.78, 5) is 16.2. The number of benzene rings is 1. The average molecular weight is 406 g/mol. The van der Waals surface area contributed by atoms with Crippen molar-refractivity contribution in [2.75, 3.05) is 12.0 Å². The molecule has 4 rings (SSSR count). The zero-order valence-electron chi connectivity index (χ0n) is 16.7. The van der Waals surface area contributed by atoms with Crippen molar-refractivity contribution in [3.63, 3.8) is 0 Å². The number of ketones is 1. The highest BCUT2D eigenvalue weighted by molar-refractivity contribution is 7.10. The zero-order valence-corrected chi connectivity index (χ0v) is 17.5. The van der Waals surface area contributed by atoms with Crippen molar-refractivity contribution in [2.24, 2.45) is 11.1 Å². The zero-order chi connectivity index (χ0) is 20.8. The van der Waals surface area contributed by atoms with Crippen LogP contribution >= 0.6 is 11.3 Å². The molecule has 1 aliphatic carbocycles. The SMILES string of the molecule is COc1ccc(N2C(N)=C(C#N)[C@H](c3cccs3)C3=C2CC(C)(C)CC3=O)cc1. The molecule has 1 aromatic carbocycles. The van der Waals surface area contributed by atoms with Gasteiger partial charge in [0.1, 0.15) is 11.6 Å². The molecule has 0 spiro atoms. The maximum atomic E-state index is 13.3. The Hall–Kier alpha value is -3.04. The molecule has 1 aliphatic heterocycles. The lowest BCUT2D eigenvalue weighted by molar-refractivity contribution is -0.118. The first-order valence-corrected chi connectivity index (χ1v) is 10.4. The monoisotopic (exact) mass is 405 g/mol. The third-order valence-corrected chi connectivity index (χ3v) is 6.48. The van der Waals surface area contributed by atoms with Crippen LogP contribution in [-0.2, 0) is 4.79 Å². The van der Waals surface area contributed by atoms with Crippen LogP contribution in [0.3, 0.4) is 0 Å². The third-order valence-electron chi connectivity index (χ3n) is 5.54. The number of hydrogen-bond acceptors (Lipinski definition) is 6. The summed E-state index contributed by atoms with van der Waals surface area (Å²) in [5.74, 6) is 0.821. The Labute approximate surface area is 174 Å². The quantitative estimate of drug-likeness (QED) is 0.801. The van der Waals surface area contributed by atoms with Gasteiger partial charge in [-0.15, -0.1) is 11.3 Å². The van der Waals surface area contributed by atoms with Crippen molar-refractivity contribution in [3.8, 4) is 11.8 Å². The van der Waals surface area contributed by atoms with E-state index in [1.165, 1.54) is 0 Å². The van der Waals surface area contributed by atoms with Crippen molar-refractivity contribution < 1.29 is 9.53 Å². The molecule has 29 heavy (non-hydrogen) atoms. The molecule has 5 nitrogen and oxygen atoms in total. The molecule has 1 atom stereocenters. The van der Waals surface area contributed by atoms with Gasteiger partial charge in [0.15, 0.2) is 5.78 Å². The highest BCUT2D eigenvalue weighted by Gasteiger charge is 2.44. The highest BCUT2D eigenvalue weighted by Crippen LogP contribution is 2.50. The van der Waals surface area contributed by atoms with Crippen molar-refractivity contribution in [1.29, 1.82) is 5.26 Å². The number of nitrogens with zero attached hydrogens (tertiary/aromatic N) is 2. The molecule has 0 unspecified atom stereocenters. The van der Waals surface area contributed by atoms with Crippen LogP contribution in [0.1, 0.15) is 37.5 Å². The van der Waals surface area contributed by atoms with E-state index in [2.05, 4.69) is 19.9 Å². The van der Waals surface area contributed by atoms with Crippen molar-refractivity contribution in [2.45, 2.75) is 32.6 Å². The molecule has 2 N–H and O–H groups in total. The van der Waals surface area contributed by atoms with Gasteiger partial charge in [-0.05, 0) is 47.5 Å². The molecule has 0 saturated carbocycles. The first-order chi connectivity index (χ1) is 13.9. The number of methoxy groups -OCH3 is 1. The van der Waals surface area contributed by atoms with Gasteiger partial charge in [-0.1, -0.05) is 19.9 Å². The van der Waals surface area contributed by atoms with E-state index in [0.29, 0.717) is 29.8 Å². The first-order valence-electron chi connectivity index (χ1n) is 9.50. The van der Waals surface area contributed by atoms with E-state index in [1.54, 1.807) is 18.4 Å². The highest BCUT2D eigenvalue weighted by atomic mass is 32.1. The summed E-state index contributed by atoms with van der Waals surface area (Å²) in [6.07, 6.45) is 1.17. The molecule has 0 radical (unpaired) electrons. The second-order valence-electron chi connectivity index (χ2n) is 8.19. The molecule has 6 heteroatoms. The van der Waals surface area contributed by atoms with Gasteiger partial charge in [0.2, 0.25) is 0 Å². The molecule has 0 bridgehead atoms. The summed E-state index contributed by atoms with van der Waals surface area (Å²) >= 11 is 1.55. The molecule has 2 aromatic rings. The van der Waals surface area contributed by atoms with E-state index < -0.39 is 5.92 Å². The van der Waals surface area contributed by atoms with Gasteiger partial charge in [-0.25, -0.2) is 0 Å². The number of anilines is 1. The average Bonchev–Trinajstić information content (AvgIpc) is 3.21. The fourth-order valence-electron chi connectivity index (χ4n) is 4.28. The maximum Gasteiger partial charge on any atom is 0.162 e. The van der Waals surface area contributed by atoms with E-state index in [1.807, 2.05) is 46.7 Å². The summed E-state index contributed by atoms with van der Waals surface area (Å²) < 4.78 is 5.27. The number of carbonyl (C=O) groups excluding carboxylic acids is 1. The topological polar surface area (TPSA) is 79.3 Å². The summed E-state index contributed by atoms with van der Waals surface area (Å²) in [7, 11) is 1.62. The van der Waals surface area contributed by atoms with Crippen molar-refractivity contribution >= 4 is 22.8 Å². The van der Waals surface area contributed by atoms with Crippen LogP contribution in [0.4, 0.5) is 5.69 Å². The molecule has 2 aliphatic rings. The third kappa shape index (κ3) is 3.22. The van der Waals surface area contributed by atoms with E-state index in [-0.39, 0.29) is 11.2 Å². The van der Waals surface area contributed by atoms with Crippen LogP contribution in [0.5, 0.6) is 5.75 Å². The number of ether oxygens (including phenoxy) is 1. The molecular weight excluding hydrogens is 382 g/mol. The fraction of sp³-hybridized carbons (Fsp3) is 0.304. The Balaban J connectivity index is 1.96. The lowest BCUT2D eigenvalue weighted by Gasteiger charge is -2.43. The minimum Gasteiger partial charge on any atom is -0.497 e. The lowest BCUT2D eigenvalue weighted by Crippen LogP contribution is -2.42. The standard InChI is InChI=1S/C23H23N3O2S/c1-23(2)11-17-21(18(27)12-23)20(19-5-4-10-29-19)16(13-24)22(25)26(17)14-6-8-15(28-3)9-7-14/h4-10,20H,11-12,25H2,1-3H3/t20-/m1/s1. The van der Waals surface area contributed by atoms with Gasteiger partial charge >= 0.3 is 0 Å². The Bertz CT molecular complexity index is 1060. The molecule has 1 aromatic heterocycles. The Morgan fingerprint density at radius 3 is 2.55 bits per heavy atom. The Morgan fingerprint density at radius 1 is 1.24 bits per heavy atom. The van der Waals surface area contributed by atoms with Crippen LogP contribution < -0.4 is 15.4 Å². The van der Waals surface area contributed by atoms with Crippen molar-refractivity contribution in [3.05, 3.63) is 69.3 Å². The molecule has 148 valence electrons. The van der Waals surface area contributed by atoms with Crippen LogP contribution in [0.2, 0.25) is 0 Å². The van der Waals surface area contributed by atoms with Crippen LogP contribution in [0.25, 0.3) is 0 Å². The van der Waals surface area contributed by atoms with Gasteiger partial charge in [0, 0.05) is 28.3 Å². The van der Waals surface area contributed by atoms with Gasteiger partial charge in [0.05, 0.1) is 24.7 Å². The number of allylic oxidation sites excluding steroid dienone is 3. The van der Waals surface area contributed by atoms with Crippen LogP contribution in [0.15, 0.2) is 64.4 Å². The van der Waals surface area contributed by atoms with Gasteiger partial charge in [-0.3, -0.25) is 9.69 Å². The molecular formula is C23H23N3O2S. The predicted molar refractivity (Wildman–Crippen MR) is 114 cm³/mol. The number of nitrogens with two attached hydrogens (primary N) is 1. The smallest absolute Gasteiger partial charge is 0.162 e. The second kappa shape index (κ2) is 7.09. The molecule has 2 heterocycles. The number of rotatable bonds is 3. The number of nitriles is 1. The number of hydrogen-bond donors (Lipinski definition) is 1. The van der Waals surface area contributed by atoms with Crippen LogP contribution in [0, 0.1) is 16.7 Å². The number of thiophene rings is 1. The first kappa shape index (κ1) is 19.3.